The maximum atomic E-state index is 11.0. The van der Waals surface area contributed by atoms with Crippen molar-refractivity contribution in [2.75, 3.05) is 6.54 Å². The highest BCUT2D eigenvalue weighted by Gasteiger charge is 2.29. The van der Waals surface area contributed by atoms with E-state index in [0.717, 1.165) is 23.7 Å². The van der Waals surface area contributed by atoms with Crippen molar-refractivity contribution in [1.29, 1.82) is 0 Å². The van der Waals surface area contributed by atoms with E-state index in [2.05, 4.69) is 11.8 Å². The minimum Gasteiger partial charge on any atom is -0.481 e. The molecule has 1 aliphatic heterocycles. The number of nitrogens with zero attached hydrogens (tertiary/aromatic N) is 1. The van der Waals surface area contributed by atoms with Crippen molar-refractivity contribution >= 4 is 28.9 Å². The predicted octanol–water partition coefficient (Wildman–Crippen LogP) is 3.09. The predicted molar refractivity (Wildman–Crippen MR) is 69.6 cm³/mol. The normalized spacial score (nSPS) is 26.0. The molecule has 0 spiro atoms. The third-order valence-corrected chi connectivity index (χ3v) is 4.56. The summed E-state index contributed by atoms with van der Waals surface area (Å²) in [5.41, 5.74) is 0. The van der Waals surface area contributed by atoms with Crippen LogP contribution in [0.3, 0.4) is 0 Å². The number of likely N-dealkylation sites (tertiary alicyclic amines) is 1. The summed E-state index contributed by atoms with van der Waals surface area (Å²) >= 11 is 7.47. The molecule has 1 aromatic rings. The third kappa shape index (κ3) is 3.21. The number of carboxylic acids is 1. The zero-order chi connectivity index (χ0) is 12.4. The quantitative estimate of drug-likeness (QED) is 0.920. The molecule has 0 aromatic carbocycles. The number of carboxylic acid groups (broad SMARTS) is 1. The van der Waals surface area contributed by atoms with Crippen LogP contribution in [-0.2, 0) is 11.3 Å². The van der Waals surface area contributed by atoms with Crippen LogP contribution < -0.4 is 0 Å². The standard InChI is InChI=1S/C12H16ClNO2S/c1-8-2-3-9(12(15)16)6-14(8)7-10-4-5-11(13)17-10/h4-5,8-9H,2-3,6-7H2,1H3,(H,15,16). The van der Waals surface area contributed by atoms with Crippen LogP contribution in [0.1, 0.15) is 24.6 Å². The molecule has 17 heavy (non-hydrogen) atoms. The Morgan fingerprint density at radius 2 is 2.35 bits per heavy atom. The van der Waals surface area contributed by atoms with Crippen LogP contribution in [0.15, 0.2) is 12.1 Å². The first-order valence-corrected chi connectivity index (χ1v) is 6.97. The van der Waals surface area contributed by atoms with Crippen molar-refractivity contribution in [3.05, 3.63) is 21.3 Å². The van der Waals surface area contributed by atoms with Gasteiger partial charge in [-0.2, -0.15) is 0 Å². The van der Waals surface area contributed by atoms with E-state index in [4.69, 9.17) is 16.7 Å². The van der Waals surface area contributed by atoms with Crippen molar-refractivity contribution in [3.63, 3.8) is 0 Å². The van der Waals surface area contributed by atoms with Crippen LogP contribution in [0.2, 0.25) is 4.34 Å². The molecule has 0 aliphatic carbocycles. The van der Waals surface area contributed by atoms with E-state index in [1.54, 1.807) is 11.3 Å². The van der Waals surface area contributed by atoms with Gasteiger partial charge in [-0.1, -0.05) is 11.6 Å². The molecular weight excluding hydrogens is 258 g/mol. The first-order valence-electron chi connectivity index (χ1n) is 5.77. The molecule has 2 unspecified atom stereocenters. The summed E-state index contributed by atoms with van der Waals surface area (Å²) in [4.78, 5) is 14.5. The Labute approximate surface area is 110 Å². The largest absolute Gasteiger partial charge is 0.481 e. The lowest BCUT2D eigenvalue weighted by Gasteiger charge is -2.36. The van der Waals surface area contributed by atoms with Gasteiger partial charge in [0.15, 0.2) is 0 Å². The Balaban J connectivity index is 2.00. The van der Waals surface area contributed by atoms with Gasteiger partial charge in [0.2, 0.25) is 0 Å². The lowest BCUT2D eigenvalue weighted by atomic mass is 9.93. The smallest absolute Gasteiger partial charge is 0.307 e. The summed E-state index contributed by atoms with van der Waals surface area (Å²) in [5.74, 6) is -0.896. The topological polar surface area (TPSA) is 40.5 Å². The van der Waals surface area contributed by atoms with E-state index in [9.17, 15) is 4.79 Å². The van der Waals surface area contributed by atoms with Gasteiger partial charge < -0.3 is 5.11 Å². The summed E-state index contributed by atoms with van der Waals surface area (Å²) < 4.78 is 0.791. The van der Waals surface area contributed by atoms with Crippen molar-refractivity contribution in [3.8, 4) is 0 Å². The highest BCUT2D eigenvalue weighted by molar-refractivity contribution is 7.16. The Bertz CT molecular complexity index is 407. The average molecular weight is 274 g/mol. The number of aliphatic carboxylic acids is 1. The van der Waals surface area contributed by atoms with E-state index in [0.29, 0.717) is 12.6 Å². The van der Waals surface area contributed by atoms with Gasteiger partial charge in [-0.05, 0) is 31.9 Å². The third-order valence-electron chi connectivity index (χ3n) is 3.35. The number of rotatable bonds is 3. The Hall–Kier alpha value is -0.580. The molecule has 5 heteroatoms. The first kappa shape index (κ1) is 12.9. The Morgan fingerprint density at radius 3 is 2.94 bits per heavy atom. The Morgan fingerprint density at radius 1 is 1.59 bits per heavy atom. The van der Waals surface area contributed by atoms with Gasteiger partial charge in [-0.15, -0.1) is 11.3 Å². The number of piperidine rings is 1. The van der Waals surface area contributed by atoms with Gasteiger partial charge >= 0.3 is 5.97 Å². The van der Waals surface area contributed by atoms with Gasteiger partial charge in [0.05, 0.1) is 10.3 Å². The molecule has 2 atom stereocenters. The summed E-state index contributed by atoms with van der Waals surface area (Å²) in [6.07, 6.45) is 1.74. The highest BCUT2D eigenvalue weighted by Crippen LogP contribution is 2.27. The van der Waals surface area contributed by atoms with Gasteiger partial charge in [-0.25, -0.2) is 0 Å². The van der Waals surface area contributed by atoms with Crippen LogP contribution in [0.4, 0.5) is 0 Å². The zero-order valence-corrected chi connectivity index (χ0v) is 11.3. The van der Waals surface area contributed by atoms with Gasteiger partial charge in [-0.3, -0.25) is 9.69 Å². The molecule has 1 saturated heterocycles. The SMILES string of the molecule is CC1CCC(C(=O)O)CN1Cc1ccc(Cl)s1. The monoisotopic (exact) mass is 273 g/mol. The molecule has 1 aromatic heterocycles. The summed E-state index contributed by atoms with van der Waals surface area (Å²) in [5, 5.41) is 9.07. The second-order valence-corrected chi connectivity index (χ2v) is 6.40. The number of thiophene rings is 1. The van der Waals surface area contributed by atoms with E-state index in [1.165, 1.54) is 4.88 Å². The van der Waals surface area contributed by atoms with Crippen LogP contribution in [0.5, 0.6) is 0 Å². The maximum Gasteiger partial charge on any atom is 0.307 e. The molecule has 1 fully saturated rings. The van der Waals surface area contributed by atoms with Crippen LogP contribution >= 0.6 is 22.9 Å². The molecule has 2 rings (SSSR count). The molecule has 1 aliphatic rings. The zero-order valence-electron chi connectivity index (χ0n) is 9.73. The van der Waals surface area contributed by atoms with Crippen LogP contribution in [-0.4, -0.2) is 28.6 Å². The van der Waals surface area contributed by atoms with Crippen LogP contribution in [0.25, 0.3) is 0 Å². The van der Waals surface area contributed by atoms with E-state index in [1.807, 2.05) is 12.1 Å². The molecule has 1 N–H and O–H groups in total. The number of hydrogen-bond donors (Lipinski definition) is 1. The summed E-state index contributed by atoms with van der Waals surface area (Å²) in [6, 6.07) is 4.36. The highest BCUT2D eigenvalue weighted by atomic mass is 35.5. The van der Waals surface area contributed by atoms with E-state index < -0.39 is 5.97 Å². The van der Waals surface area contributed by atoms with Crippen molar-refractivity contribution in [2.24, 2.45) is 5.92 Å². The second kappa shape index (κ2) is 5.38. The maximum absolute atomic E-state index is 11.0. The number of halogens is 1. The summed E-state index contributed by atoms with van der Waals surface area (Å²) in [7, 11) is 0. The molecule has 0 saturated carbocycles. The number of carbonyl (C=O) groups is 1. The molecule has 94 valence electrons. The van der Waals surface area contributed by atoms with Gasteiger partial charge in [0, 0.05) is 24.0 Å². The Kier molecular flexibility index (Phi) is 4.07. The lowest BCUT2D eigenvalue weighted by Crippen LogP contribution is -2.43. The molecule has 0 radical (unpaired) electrons. The molecule has 2 heterocycles. The molecular formula is C12H16ClNO2S. The summed E-state index contributed by atoms with van der Waals surface area (Å²) in [6.45, 7) is 3.61. The second-order valence-electron chi connectivity index (χ2n) is 4.60. The van der Waals surface area contributed by atoms with Crippen molar-refractivity contribution in [1.82, 2.24) is 4.90 Å². The van der Waals surface area contributed by atoms with Gasteiger partial charge in [0.1, 0.15) is 0 Å². The van der Waals surface area contributed by atoms with Gasteiger partial charge in [0.25, 0.3) is 0 Å². The van der Waals surface area contributed by atoms with Crippen molar-refractivity contribution < 1.29 is 9.90 Å². The molecule has 3 nitrogen and oxygen atoms in total. The fourth-order valence-corrected chi connectivity index (χ4v) is 3.35. The van der Waals surface area contributed by atoms with E-state index >= 15 is 0 Å². The fraction of sp³-hybridized carbons (Fsp3) is 0.583. The number of hydrogen-bond acceptors (Lipinski definition) is 3. The molecule has 0 amide bonds. The van der Waals surface area contributed by atoms with Crippen LogP contribution in [0, 0.1) is 5.92 Å². The first-order chi connectivity index (χ1) is 8.06. The average Bonchev–Trinajstić information content (AvgIpc) is 2.67. The fourth-order valence-electron chi connectivity index (χ4n) is 2.24. The molecule has 0 bridgehead atoms. The van der Waals surface area contributed by atoms with Crippen molar-refractivity contribution in [2.45, 2.75) is 32.4 Å². The minimum absolute atomic E-state index is 0.221. The minimum atomic E-state index is -0.675. The van der Waals surface area contributed by atoms with E-state index in [-0.39, 0.29) is 5.92 Å². The lowest BCUT2D eigenvalue weighted by molar-refractivity contribution is -0.144.